The van der Waals surface area contributed by atoms with Crippen molar-refractivity contribution in [3.05, 3.63) is 40.7 Å². The molecule has 2 aromatic rings. The second-order valence-electron chi connectivity index (χ2n) is 6.53. The van der Waals surface area contributed by atoms with Crippen LogP contribution in [0.25, 0.3) is 0 Å². The Kier molecular flexibility index (Phi) is 4.15. The molecule has 1 amide bonds. The Balaban J connectivity index is 1.74. The zero-order chi connectivity index (χ0) is 16.6. The number of nitrogens with zero attached hydrogens (tertiary/aromatic N) is 4. The number of nitrogens with one attached hydrogen (secondary N) is 1. The summed E-state index contributed by atoms with van der Waals surface area (Å²) >= 11 is 0. The van der Waals surface area contributed by atoms with Crippen molar-refractivity contribution < 1.29 is 4.79 Å². The molecule has 3 heterocycles. The smallest absolute Gasteiger partial charge is 0.253 e. The van der Waals surface area contributed by atoms with E-state index in [-0.39, 0.29) is 11.9 Å². The lowest BCUT2D eigenvalue weighted by Crippen LogP contribution is -2.41. The van der Waals surface area contributed by atoms with Crippen molar-refractivity contribution in [3.63, 3.8) is 0 Å². The molecule has 0 aromatic carbocycles. The minimum atomic E-state index is -0.0531. The highest BCUT2D eigenvalue weighted by atomic mass is 16.1. The number of fused-ring (bicyclic) bond motifs is 1. The zero-order valence-electron chi connectivity index (χ0n) is 14.1. The van der Waals surface area contributed by atoms with Gasteiger partial charge in [-0.3, -0.25) is 9.78 Å². The molecular formula is C17H23N5O. The summed E-state index contributed by atoms with van der Waals surface area (Å²) < 4.78 is 2.15. The summed E-state index contributed by atoms with van der Waals surface area (Å²) in [6.07, 6.45) is 1.73. The maximum absolute atomic E-state index is 12.5. The molecule has 0 saturated carbocycles. The Labute approximate surface area is 136 Å². The van der Waals surface area contributed by atoms with E-state index in [0.717, 1.165) is 42.4 Å². The third-order valence-electron chi connectivity index (χ3n) is 4.30. The third-order valence-corrected chi connectivity index (χ3v) is 4.30. The van der Waals surface area contributed by atoms with Gasteiger partial charge < -0.3 is 9.88 Å². The number of carbonyl (C=O) groups is 1. The first-order valence-corrected chi connectivity index (χ1v) is 8.12. The molecule has 2 aromatic heterocycles. The van der Waals surface area contributed by atoms with Gasteiger partial charge >= 0.3 is 0 Å². The van der Waals surface area contributed by atoms with E-state index in [1.54, 1.807) is 0 Å². The Morgan fingerprint density at radius 3 is 2.78 bits per heavy atom. The normalized spacial score (nSPS) is 17.2. The molecule has 122 valence electrons. The van der Waals surface area contributed by atoms with Crippen molar-refractivity contribution >= 4 is 5.91 Å². The van der Waals surface area contributed by atoms with E-state index in [2.05, 4.69) is 38.9 Å². The lowest BCUT2D eigenvalue weighted by Gasteiger charge is -2.26. The highest BCUT2D eigenvalue weighted by Gasteiger charge is 2.25. The second-order valence-corrected chi connectivity index (χ2v) is 6.53. The van der Waals surface area contributed by atoms with Crippen LogP contribution in [0, 0.1) is 13.8 Å². The summed E-state index contributed by atoms with van der Waals surface area (Å²) in [5.74, 6) is 2.29. The minimum absolute atomic E-state index is 0.0531. The van der Waals surface area contributed by atoms with E-state index in [0.29, 0.717) is 11.5 Å². The van der Waals surface area contributed by atoms with Crippen LogP contribution >= 0.6 is 0 Å². The number of amides is 1. The Morgan fingerprint density at radius 2 is 2.09 bits per heavy atom. The van der Waals surface area contributed by atoms with Crippen molar-refractivity contribution in [2.75, 3.05) is 0 Å². The van der Waals surface area contributed by atoms with Gasteiger partial charge in [0.05, 0.1) is 11.3 Å². The number of hydrogen-bond donors (Lipinski definition) is 1. The quantitative estimate of drug-likeness (QED) is 0.942. The summed E-state index contributed by atoms with van der Waals surface area (Å²) in [4.78, 5) is 16.9. The molecule has 0 radical (unpaired) electrons. The van der Waals surface area contributed by atoms with E-state index in [4.69, 9.17) is 0 Å². The molecule has 3 rings (SSSR count). The third kappa shape index (κ3) is 3.11. The van der Waals surface area contributed by atoms with E-state index in [9.17, 15) is 4.79 Å². The number of aromatic nitrogens is 4. The monoisotopic (exact) mass is 313 g/mol. The molecule has 1 aliphatic rings. The lowest BCUT2D eigenvalue weighted by atomic mass is 10.0. The molecule has 0 spiro atoms. The van der Waals surface area contributed by atoms with Crippen molar-refractivity contribution in [2.24, 2.45) is 0 Å². The van der Waals surface area contributed by atoms with Crippen LogP contribution in [0.2, 0.25) is 0 Å². The van der Waals surface area contributed by atoms with Gasteiger partial charge in [-0.25, -0.2) is 0 Å². The maximum atomic E-state index is 12.5. The first-order chi connectivity index (χ1) is 11.0. The molecule has 1 aliphatic heterocycles. The van der Waals surface area contributed by atoms with Crippen molar-refractivity contribution in [3.8, 4) is 0 Å². The van der Waals surface area contributed by atoms with Crippen LogP contribution in [-0.4, -0.2) is 31.7 Å². The van der Waals surface area contributed by atoms with Crippen molar-refractivity contribution in [1.82, 2.24) is 25.1 Å². The minimum Gasteiger partial charge on any atom is -0.347 e. The number of aryl methyl sites for hydroxylation is 3. The van der Waals surface area contributed by atoms with Gasteiger partial charge in [0.15, 0.2) is 0 Å². The molecule has 0 saturated heterocycles. The molecule has 1 unspecified atom stereocenters. The average Bonchev–Trinajstić information content (AvgIpc) is 2.90. The zero-order valence-corrected chi connectivity index (χ0v) is 14.1. The number of pyridine rings is 1. The summed E-state index contributed by atoms with van der Waals surface area (Å²) in [5, 5.41) is 11.7. The second kappa shape index (κ2) is 6.10. The van der Waals surface area contributed by atoms with E-state index in [1.165, 1.54) is 0 Å². The molecule has 6 heteroatoms. The number of carbonyl (C=O) groups excluding carboxylic acids is 1. The van der Waals surface area contributed by atoms with Crippen LogP contribution in [0.4, 0.5) is 0 Å². The summed E-state index contributed by atoms with van der Waals surface area (Å²) in [7, 11) is 0. The molecule has 0 bridgehead atoms. The lowest BCUT2D eigenvalue weighted by molar-refractivity contribution is 0.0926. The standard InChI is InChI=1S/C17H23N5O/c1-10(2)16-21-20-15-8-6-13(9-22(15)16)19-17(23)14-7-5-11(3)18-12(14)4/h5,7,10,13H,6,8-9H2,1-4H3,(H,19,23). The summed E-state index contributed by atoms with van der Waals surface area (Å²) in [6, 6.07) is 3.82. The predicted molar refractivity (Wildman–Crippen MR) is 87.4 cm³/mol. The van der Waals surface area contributed by atoms with Crippen LogP contribution in [0.5, 0.6) is 0 Å². The average molecular weight is 313 g/mol. The molecule has 23 heavy (non-hydrogen) atoms. The van der Waals surface area contributed by atoms with E-state index < -0.39 is 0 Å². The van der Waals surface area contributed by atoms with E-state index in [1.807, 2.05) is 26.0 Å². The molecule has 1 atom stereocenters. The Bertz CT molecular complexity index is 735. The van der Waals surface area contributed by atoms with Crippen LogP contribution < -0.4 is 5.32 Å². The summed E-state index contributed by atoms with van der Waals surface area (Å²) in [6.45, 7) is 8.76. The SMILES string of the molecule is Cc1ccc(C(=O)NC2CCc3nnc(C(C)C)n3C2)c(C)n1. The van der Waals surface area contributed by atoms with Gasteiger partial charge in [-0.05, 0) is 32.4 Å². The highest BCUT2D eigenvalue weighted by molar-refractivity contribution is 5.95. The van der Waals surface area contributed by atoms with Crippen LogP contribution in [0.15, 0.2) is 12.1 Å². The largest absolute Gasteiger partial charge is 0.347 e. The van der Waals surface area contributed by atoms with Crippen LogP contribution in [0.3, 0.4) is 0 Å². The van der Waals surface area contributed by atoms with Gasteiger partial charge in [0.25, 0.3) is 5.91 Å². The number of hydrogen-bond acceptors (Lipinski definition) is 4. The van der Waals surface area contributed by atoms with Gasteiger partial charge in [-0.2, -0.15) is 0 Å². The fraction of sp³-hybridized carbons (Fsp3) is 0.529. The van der Waals surface area contributed by atoms with Gasteiger partial charge in [0, 0.05) is 30.6 Å². The van der Waals surface area contributed by atoms with Crippen molar-refractivity contribution in [1.29, 1.82) is 0 Å². The fourth-order valence-electron chi connectivity index (χ4n) is 3.08. The van der Waals surface area contributed by atoms with Crippen molar-refractivity contribution in [2.45, 2.75) is 59.0 Å². The van der Waals surface area contributed by atoms with E-state index >= 15 is 0 Å². The van der Waals surface area contributed by atoms with Gasteiger partial charge in [-0.15, -0.1) is 10.2 Å². The predicted octanol–water partition coefficient (Wildman–Crippen LogP) is 2.16. The first-order valence-electron chi connectivity index (χ1n) is 8.12. The molecule has 6 nitrogen and oxygen atoms in total. The Morgan fingerprint density at radius 1 is 1.30 bits per heavy atom. The molecule has 0 aliphatic carbocycles. The van der Waals surface area contributed by atoms with Gasteiger partial charge in [0.1, 0.15) is 11.6 Å². The summed E-state index contributed by atoms with van der Waals surface area (Å²) in [5.41, 5.74) is 2.34. The van der Waals surface area contributed by atoms with Crippen LogP contribution in [-0.2, 0) is 13.0 Å². The number of rotatable bonds is 3. The maximum Gasteiger partial charge on any atom is 0.253 e. The highest BCUT2D eigenvalue weighted by Crippen LogP contribution is 2.20. The fourth-order valence-corrected chi connectivity index (χ4v) is 3.08. The van der Waals surface area contributed by atoms with Gasteiger partial charge in [0.2, 0.25) is 0 Å². The van der Waals surface area contributed by atoms with Gasteiger partial charge in [-0.1, -0.05) is 13.8 Å². The topological polar surface area (TPSA) is 72.7 Å². The Hall–Kier alpha value is -2.24. The molecular weight excluding hydrogens is 290 g/mol. The molecule has 0 fully saturated rings. The first kappa shape index (κ1) is 15.6. The molecule has 1 N–H and O–H groups in total. The van der Waals surface area contributed by atoms with Crippen LogP contribution in [0.1, 0.15) is 59.6 Å².